The number of rotatable bonds is 4. The molecule has 0 radical (unpaired) electrons. The molecule has 2 aromatic carbocycles. The van der Waals surface area contributed by atoms with Gasteiger partial charge in [-0.2, -0.15) is 0 Å². The molecule has 132 valence electrons. The topological polar surface area (TPSA) is 50.8 Å². The molecule has 1 fully saturated rings. The van der Waals surface area contributed by atoms with Crippen LogP contribution in [0.15, 0.2) is 42.5 Å². The van der Waals surface area contributed by atoms with Crippen LogP contribution in [-0.4, -0.2) is 31.7 Å². The minimum Gasteiger partial charge on any atom is -0.497 e. The lowest BCUT2D eigenvalue weighted by molar-refractivity contribution is 0.207. The van der Waals surface area contributed by atoms with Crippen molar-refractivity contribution in [1.29, 1.82) is 0 Å². The van der Waals surface area contributed by atoms with E-state index in [9.17, 15) is 4.79 Å². The number of carbonyl (C=O) groups excluding carboxylic acids is 1. The molecule has 3 rings (SSSR count). The van der Waals surface area contributed by atoms with E-state index in [-0.39, 0.29) is 12.1 Å². The molecule has 1 saturated heterocycles. The van der Waals surface area contributed by atoms with Crippen LogP contribution < -0.4 is 14.8 Å². The summed E-state index contributed by atoms with van der Waals surface area (Å²) in [5, 5.41) is 2.97. The number of amides is 2. The summed E-state index contributed by atoms with van der Waals surface area (Å²) in [6.07, 6.45) is 1.99. The van der Waals surface area contributed by atoms with Crippen molar-refractivity contribution in [2.45, 2.75) is 25.8 Å². The Kier molecular flexibility index (Phi) is 5.12. The highest BCUT2D eigenvalue weighted by Crippen LogP contribution is 2.33. The van der Waals surface area contributed by atoms with E-state index in [0.29, 0.717) is 17.2 Å². The van der Waals surface area contributed by atoms with Gasteiger partial charge in [-0.05, 0) is 25.3 Å². The molecule has 1 aliphatic rings. The van der Waals surface area contributed by atoms with Gasteiger partial charge in [0.15, 0.2) is 0 Å². The molecule has 1 heterocycles. The molecular formula is C20H24N2O3. The van der Waals surface area contributed by atoms with E-state index in [1.807, 2.05) is 4.90 Å². The summed E-state index contributed by atoms with van der Waals surface area (Å²) in [6.45, 7) is 2.82. The molecule has 25 heavy (non-hydrogen) atoms. The first kappa shape index (κ1) is 17.1. The zero-order valence-corrected chi connectivity index (χ0v) is 14.9. The molecule has 5 nitrogen and oxygen atoms in total. The first-order valence-corrected chi connectivity index (χ1v) is 8.48. The molecular weight excluding hydrogens is 316 g/mol. The maximum Gasteiger partial charge on any atom is 0.322 e. The molecule has 2 amide bonds. The fraction of sp³-hybridized carbons (Fsp3) is 0.350. The van der Waals surface area contributed by atoms with Crippen molar-refractivity contribution in [3.63, 3.8) is 0 Å². The maximum atomic E-state index is 12.8. The average Bonchev–Trinajstić information content (AvgIpc) is 3.11. The number of hydrogen-bond acceptors (Lipinski definition) is 3. The number of aryl methyl sites for hydroxylation is 1. The van der Waals surface area contributed by atoms with E-state index in [0.717, 1.165) is 19.4 Å². The van der Waals surface area contributed by atoms with Crippen LogP contribution in [0.3, 0.4) is 0 Å². The number of nitrogens with one attached hydrogen (secondary N) is 1. The van der Waals surface area contributed by atoms with Gasteiger partial charge in [-0.3, -0.25) is 0 Å². The van der Waals surface area contributed by atoms with Crippen LogP contribution in [0.4, 0.5) is 10.5 Å². The Labute approximate surface area is 148 Å². The Balaban J connectivity index is 1.77. The largest absolute Gasteiger partial charge is 0.497 e. The molecule has 0 spiro atoms. The van der Waals surface area contributed by atoms with Gasteiger partial charge >= 0.3 is 6.03 Å². The second kappa shape index (κ2) is 7.47. The van der Waals surface area contributed by atoms with E-state index in [1.165, 1.54) is 11.1 Å². The van der Waals surface area contributed by atoms with Crippen molar-refractivity contribution in [1.82, 2.24) is 4.90 Å². The van der Waals surface area contributed by atoms with Crippen molar-refractivity contribution in [2.24, 2.45) is 0 Å². The van der Waals surface area contributed by atoms with Crippen LogP contribution in [0.2, 0.25) is 0 Å². The summed E-state index contributed by atoms with van der Waals surface area (Å²) >= 11 is 0. The summed E-state index contributed by atoms with van der Waals surface area (Å²) in [6, 6.07) is 13.8. The molecule has 0 unspecified atom stereocenters. The minimum atomic E-state index is -0.0987. The third-order valence-electron chi connectivity index (χ3n) is 4.58. The number of carbonyl (C=O) groups is 1. The Morgan fingerprint density at radius 3 is 2.32 bits per heavy atom. The molecule has 1 aliphatic heterocycles. The average molecular weight is 340 g/mol. The number of benzene rings is 2. The van der Waals surface area contributed by atoms with E-state index in [1.54, 1.807) is 32.4 Å². The highest BCUT2D eigenvalue weighted by Gasteiger charge is 2.30. The fourth-order valence-corrected chi connectivity index (χ4v) is 3.22. The van der Waals surface area contributed by atoms with Crippen molar-refractivity contribution < 1.29 is 14.3 Å². The van der Waals surface area contributed by atoms with Gasteiger partial charge in [0.1, 0.15) is 11.5 Å². The molecule has 5 heteroatoms. The Hall–Kier alpha value is -2.69. The van der Waals surface area contributed by atoms with Gasteiger partial charge in [0.25, 0.3) is 0 Å². The first-order chi connectivity index (χ1) is 12.1. The molecule has 1 atom stereocenters. The number of ether oxygens (including phenoxy) is 2. The molecule has 1 N–H and O–H groups in total. The minimum absolute atomic E-state index is 0.0987. The van der Waals surface area contributed by atoms with Gasteiger partial charge < -0.3 is 19.7 Å². The summed E-state index contributed by atoms with van der Waals surface area (Å²) in [5.41, 5.74) is 3.07. The fourth-order valence-electron chi connectivity index (χ4n) is 3.22. The zero-order valence-electron chi connectivity index (χ0n) is 14.9. The molecule has 0 saturated carbocycles. The molecule has 0 aliphatic carbocycles. The Morgan fingerprint density at radius 1 is 1.08 bits per heavy atom. The Bertz CT molecular complexity index is 721. The second-order valence-electron chi connectivity index (χ2n) is 6.29. The second-order valence-corrected chi connectivity index (χ2v) is 6.29. The molecule has 0 bridgehead atoms. The molecule has 0 aromatic heterocycles. The number of urea groups is 1. The summed E-state index contributed by atoms with van der Waals surface area (Å²) < 4.78 is 10.5. The van der Waals surface area contributed by atoms with Gasteiger partial charge in [-0.25, -0.2) is 4.79 Å². The van der Waals surface area contributed by atoms with E-state index in [4.69, 9.17) is 9.47 Å². The smallest absolute Gasteiger partial charge is 0.322 e. The third kappa shape index (κ3) is 3.87. The van der Waals surface area contributed by atoms with Gasteiger partial charge in [-0.1, -0.05) is 29.8 Å². The quantitative estimate of drug-likeness (QED) is 0.898. The monoisotopic (exact) mass is 340 g/mol. The number of nitrogens with zero attached hydrogens (tertiary/aromatic N) is 1. The first-order valence-electron chi connectivity index (χ1n) is 8.48. The summed E-state index contributed by atoms with van der Waals surface area (Å²) in [4.78, 5) is 14.7. The normalized spacial score (nSPS) is 16.6. The van der Waals surface area contributed by atoms with Crippen LogP contribution >= 0.6 is 0 Å². The maximum absolute atomic E-state index is 12.8. The van der Waals surface area contributed by atoms with Crippen LogP contribution in [0.25, 0.3) is 0 Å². The van der Waals surface area contributed by atoms with Crippen LogP contribution in [0.5, 0.6) is 11.5 Å². The van der Waals surface area contributed by atoms with Crippen molar-refractivity contribution in [3.05, 3.63) is 53.6 Å². The van der Waals surface area contributed by atoms with Crippen LogP contribution in [0.1, 0.15) is 30.0 Å². The number of hydrogen-bond donors (Lipinski definition) is 1. The number of likely N-dealkylation sites (tertiary alicyclic amines) is 1. The highest BCUT2D eigenvalue weighted by atomic mass is 16.5. The van der Waals surface area contributed by atoms with Crippen LogP contribution in [0, 0.1) is 6.92 Å². The standard InChI is InChI=1S/C20H24N2O3/c1-14-6-8-15(9-7-14)19-5-4-10-22(19)20(23)21-16-11-17(24-2)13-18(12-16)25-3/h6-9,11-13,19H,4-5,10H2,1-3H3,(H,21,23)/t19-/m0/s1. The predicted octanol–water partition coefficient (Wildman–Crippen LogP) is 4.38. The SMILES string of the molecule is COc1cc(NC(=O)N2CCC[C@H]2c2ccc(C)cc2)cc(OC)c1. The third-order valence-corrected chi connectivity index (χ3v) is 4.58. The number of anilines is 1. The number of methoxy groups -OCH3 is 2. The zero-order chi connectivity index (χ0) is 17.8. The highest BCUT2D eigenvalue weighted by molar-refractivity contribution is 5.90. The lowest BCUT2D eigenvalue weighted by Gasteiger charge is -2.25. The Morgan fingerprint density at radius 2 is 1.72 bits per heavy atom. The molecule has 2 aromatic rings. The lowest BCUT2D eigenvalue weighted by atomic mass is 10.0. The van der Waals surface area contributed by atoms with Crippen LogP contribution in [-0.2, 0) is 0 Å². The van der Waals surface area contributed by atoms with Crippen molar-refractivity contribution in [3.8, 4) is 11.5 Å². The van der Waals surface area contributed by atoms with E-state index >= 15 is 0 Å². The van der Waals surface area contributed by atoms with Crippen molar-refractivity contribution >= 4 is 11.7 Å². The predicted molar refractivity (Wildman–Crippen MR) is 98.4 cm³/mol. The van der Waals surface area contributed by atoms with E-state index < -0.39 is 0 Å². The summed E-state index contributed by atoms with van der Waals surface area (Å²) in [5.74, 6) is 1.29. The summed E-state index contributed by atoms with van der Waals surface area (Å²) in [7, 11) is 3.18. The van der Waals surface area contributed by atoms with Gasteiger partial charge in [-0.15, -0.1) is 0 Å². The van der Waals surface area contributed by atoms with Gasteiger partial charge in [0.2, 0.25) is 0 Å². The van der Waals surface area contributed by atoms with Crippen molar-refractivity contribution in [2.75, 3.05) is 26.1 Å². The van der Waals surface area contributed by atoms with Gasteiger partial charge in [0, 0.05) is 30.4 Å². The lowest BCUT2D eigenvalue weighted by Crippen LogP contribution is -2.34. The van der Waals surface area contributed by atoms with Gasteiger partial charge in [0.05, 0.1) is 20.3 Å². The van der Waals surface area contributed by atoms with E-state index in [2.05, 4.69) is 36.5 Å².